The Bertz CT molecular complexity index is 993. The summed E-state index contributed by atoms with van der Waals surface area (Å²) in [5.74, 6) is -1.03. The van der Waals surface area contributed by atoms with Crippen LogP contribution < -0.4 is 10.1 Å². The number of rotatable bonds is 7. The van der Waals surface area contributed by atoms with E-state index in [-0.39, 0.29) is 23.7 Å². The second kappa shape index (κ2) is 9.37. The van der Waals surface area contributed by atoms with E-state index in [2.05, 4.69) is 5.32 Å². The first kappa shape index (κ1) is 22.6. The van der Waals surface area contributed by atoms with Crippen molar-refractivity contribution in [3.8, 4) is 5.75 Å². The zero-order valence-corrected chi connectivity index (χ0v) is 18.6. The quantitative estimate of drug-likeness (QED) is 0.650. The van der Waals surface area contributed by atoms with Gasteiger partial charge in [-0.25, -0.2) is 8.42 Å². The molecule has 1 N–H and O–H groups in total. The summed E-state index contributed by atoms with van der Waals surface area (Å²) in [6.45, 7) is 2.54. The summed E-state index contributed by atoms with van der Waals surface area (Å²) in [5.41, 5.74) is 0.900. The van der Waals surface area contributed by atoms with E-state index in [1.54, 1.807) is 37.3 Å². The van der Waals surface area contributed by atoms with Crippen LogP contribution in [0.3, 0.4) is 0 Å². The number of carbonyl (C=O) groups is 1. The fourth-order valence-corrected chi connectivity index (χ4v) is 6.53. The monoisotopic (exact) mass is 451 g/mol. The van der Waals surface area contributed by atoms with Crippen LogP contribution in [0.15, 0.2) is 53.4 Å². The molecule has 3 rings (SSSR count). The van der Waals surface area contributed by atoms with Crippen molar-refractivity contribution in [1.29, 1.82) is 0 Å². The molecule has 0 radical (unpaired) electrons. The van der Waals surface area contributed by atoms with Gasteiger partial charge in [0.05, 0.1) is 13.7 Å². The van der Waals surface area contributed by atoms with Crippen molar-refractivity contribution in [2.24, 2.45) is 5.92 Å². The minimum absolute atomic E-state index is 0.00330. The summed E-state index contributed by atoms with van der Waals surface area (Å²) in [6.07, 6.45) is 0.502. The summed E-state index contributed by atoms with van der Waals surface area (Å²) in [4.78, 5) is 13.3. The average molecular weight is 452 g/mol. The number of carbonyl (C=O) groups excluding carboxylic acids is 1. The molecule has 2 atom stereocenters. The molecule has 0 bridgehead atoms. The molecule has 1 fully saturated rings. The van der Waals surface area contributed by atoms with Gasteiger partial charge in [-0.3, -0.25) is 4.79 Å². The highest BCUT2D eigenvalue weighted by molar-refractivity contribution is 7.93. The van der Waals surface area contributed by atoms with Crippen LogP contribution in [0.25, 0.3) is 0 Å². The molecule has 162 valence electrons. The third-order valence-electron chi connectivity index (χ3n) is 5.58. The predicted molar refractivity (Wildman–Crippen MR) is 116 cm³/mol. The van der Waals surface area contributed by atoms with Gasteiger partial charge in [-0.15, -0.1) is 0 Å². The fourth-order valence-electron chi connectivity index (χ4n) is 4.08. The number of hydrogen-bond donors (Lipinski definition) is 1. The first-order chi connectivity index (χ1) is 14.4. The molecule has 0 spiro atoms. The number of ether oxygens (including phenoxy) is 2. The maximum atomic E-state index is 14.0. The van der Waals surface area contributed by atoms with Crippen molar-refractivity contribution < 1.29 is 22.7 Å². The molecule has 2 aromatic carbocycles. The lowest BCUT2D eigenvalue weighted by molar-refractivity contribution is -0.148. The second-order valence-corrected chi connectivity index (χ2v) is 9.86. The van der Waals surface area contributed by atoms with Crippen LogP contribution >= 0.6 is 11.6 Å². The molecule has 0 saturated carbocycles. The summed E-state index contributed by atoms with van der Waals surface area (Å²) < 4.78 is 37.0. The van der Waals surface area contributed by atoms with Gasteiger partial charge >= 0.3 is 5.97 Å². The highest BCUT2D eigenvalue weighted by Gasteiger charge is 2.59. The van der Waals surface area contributed by atoms with Crippen molar-refractivity contribution in [3.63, 3.8) is 0 Å². The number of methoxy groups -OCH3 is 1. The van der Waals surface area contributed by atoms with E-state index in [1.165, 1.54) is 13.2 Å². The number of halogens is 1. The number of piperidine rings is 1. The van der Waals surface area contributed by atoms with Gasteiger partial charge in [0, 0.05) is 17.5 Å². The largest absolute Gasteiger partial charge is 0.495 e. The van der Waals surface area contributed by atoms with E-state index in [1.807, 2.05) is 12.1 Å². The zero-order valence-electron chi connectivity index (χ0n) is 17.1. The molecule has 1 aliphatic heterocycles. The summed E-state index contributed by atoms with van der Waals surface area (Å²) in [7, 11) is -2.72. The van der Waals surface area contributed by atoms with Gasteiger partial charge in [0.1, 0.15) is 10.6 Å². The standard InChI is InChI=1S/C22H26ClNO5S/c1-3-29-21(25)22(30(26,27)20-7-5-4-6-19(20)28-2)12-13-24-15-17(22)14-16-8-10-18(23)11-9-16/h4-11,17,24H,3,12-15H2,1-2H3. The van der Waals surface area contributed by atoms with Gasteiger partial charge in [-0.1, -0.05) is 35.9 Å². The van der Waals surface area contributed by atoms with Gasteiger partial charge in [-0.2, -0.15) is 0 Å². The molecule has 30 heavy (non-hydrogen) atoms. The number of hydrogen-bond acceptors (Lipinski definition) is 6. The Morgan fingerprint density at radius 2 is 1.90 bits per heavy atom. The van der Waals surface area contributed by atoms with Crippen LogP contribution in [0.1, 0.15) is 18.9 Å². The van der Waals surface area contributed by atoms with Crippen LogP contribution in [-0.2, 0) is 25.8 Å². The highest BCUT2D eigenvalue weighted by Crippen LogP contribution is 2.42. The molecule has 1 saturated heterocycles. The Morgan fingerprint density at radius 3 is 2.57 bits per heavy atom. The summed E-state index contributed by atoms with van der Waals surface area (Å²) >= 11 is 5.99. The van der Waals surface area contributed by atoms with E-state index in [0.717, 1.165) is 5.56 Å². The molecule has 8 heteroatoms. The van der Waals surface area contributed by atoms with Gasteiger partial charge < -0.3 is 14.8 Å². The Labute approximate surface area is 182 Å². The van der Waals surface area contributed by atoms with E-state index in [9.17, 15) is 13.2 Å². The lowest BCUT2D eigenvalue weighted by Gasteiger charge is -2.41. The number of benzene rings is 2. The van der Waals surface area contributed by atoms with Crippen LogP contribution in [0.4, 0.5) is 0 Å². The number of para-hydroxylation sites is 1. The molecule has 6 nitrogen and oxygen atoms in total. The molecule has 1 aliphatic rings. The maximum absolute atomic E-state index is 14.0. The number of sulfone groups is 1. The Kier molecular flexibility index (Phi) is 7.06. The second-order valence-electron chi connectivity index (χ2n) is 7.25. The third kappa shape index (κ3) is 4.06. The van der Waals surface area contributed by atoms with Gasteiger partial charge in [0.2, 0.25) is 0 Å². The van der Waals surface area contributed by atoms with Crippen molar-refractivity contribution >= 4 is 27.4 Å². The lowest BCUT2D eigenvalue weighted by atomic mass is 9.81. The topological polar surface area (TPSA) is 81.7 Å². The Hall–Kier alpha value is -2.09. The highest BCUT2D eigenvalue weighted by atomic mass is 35.5. The Morgan fingerprint density at radius 1 is 1.20 bits per heavy atom. The first-order valence-electron chi connectivity index (χ1n) is 9.87. The van der Waals surface area contributed by atoms with Gasteiger partial charge in [0.25, 0.3) is 0 Å². The molecular weight excluding hydrogens is 426 g/mol. The van der Waals surface area contributed by atoms with Gasteiger partial charge in [-0.05, 0) is 56.1 Å². The molecule has 2 aromatic rings. The van der Waals surface area contributed by atoms with E-state index >= 15 is 0 Å². The zero-order chi connectivity index (χ0) is 21.8. The average Bonchev–Trinajstić information content (AvgIpc) is 2.75. The molecule has 0 aliphatic carbocycles. The molecule has 1 heterocycles. The van der Waals surface area contributed by atoms with Crippen molar-refractivity contribution in [2.45, 2.75) is 29.4 Å². The number of nitrogens with one attached hydrogen (secondary N) is 1. The summed E-state index contributed by atoms with van der Waals surface area (Å²) in [6, 6.07) is 13.6. The van der Waals surface area contributed by atoms with Crippen LogP contribution in [-0.4, -0.2) is 45.9 Å². The number of esters is 1. The van der Waals surface area contributed by atoms with Crippen LogP contribution in [0, 0.1) is 5.92 Å². The maximum Gasteiger partial charge on any atom is 0.328 e. The Balaban J connectivity index is 2.15. The van der Waals surface area contributed by atoms with Crippen LogP contribution in [0.2, 0.25) is 5.02 Å². The SMILES string of the molecule is CCOC(=O)C1(S(=O)(=O)c2ccccc2OC)CCNCC1Cc1ccc(Cl)cc1. The fraction of sp³-hybridized carbons (Fsp3) is 0.409. The molecular formula is C22H26ClNO5S. The van der Waals surface area contributed by atoms with Crippen molar-refractivity contribution in [3.05, 3.63) is 59.1 Å². The van der Waals surface area contributed by atoms with Gasteiger partial charge in [0.15, 0.2) is 14.6 Å². The normalized spacial score (nSPS) is 21.8. The molecule has 2 unspecified atom stereocenters. The lowest BCUT2D eigenvalue weighted by Crippen LogP contribution is -2.61. The predicted octanol–water partition coefficient (Wildman–Crippen LogP) is 3.28. The van der Waals surface area contributed by atoms with E-state index < -0.39 is 26.5 Å². The van der Waals surface area contributed by atoms with Crippen LogP contribution in [0.5, 0.6) is 5.75 Å². The molecule has 0 amide bonds. The van der Waals surface area contributed by atoms with E-state index in [4.69, 9.17) is 21.1 Å². The summed E-state index contributed by atoms with van der Waals surface area (Å²) in [5, 5.41) is 3.84. The van der Waals surface area contributed by atoms with Crippen molar-refractivity contribution in [1.82, 2.24) is 5.32 Å². The minimum atomic E-state index is -4.13. The van der Waals surface area contributed by atoms with Crippen molar-refractivity contribution in [2.75, 3.05) is 26.8 Å². The first-order valence-corrected chi connectivity index (χ1v) is 11.7. The molecule has 0 aromatic heterocycles. The smallest absolute Gasteiger partial charge is 0.328 e. The third-order valence-corrected chi connectivity index (χ3v) is 8.41. The minimum Gasteiger partial charge on any atom is -0.495 e. The van der Waals surface area contributed by atoms with E-state index in [0.29, 0.717) is 24.5 Å².